The largest absolute Gasteiger partial charge is 0.380 e. The molecule has 1 unspecified atom stereocenters. The molecular weight excluding hydrogens is 220 g/mol. The maximum Gasteiger partial charge on any atom is 0.158 e. The Kier molecular flexibility index (Phi) is 5.65. The standard InChI is InChI=1S/C11H20N4O2/c1-8(17-4)6-13-10-5-9(12-2)14-11(15-10)7-16-3/h5,8H,6-7H2,1-4H3,(H2,12,13,14,15). The van der Waals surface area contributed by atoms with Crippen molar-refractivity contribution in [1.29, 1.82) is 0 Å². The molecule has 6 nitrogen and oxygen atoms in total. The van der Waals surface area contributed by atoms with Crippen LogP contribution >= 0.6 is 0 Å². The van der Waals surface area contributed by atoms with E-state index in [2.05, 4.69) is 20.6 Å². The van der Waals surface area contributed by atoms with Crippen LogP contribution < -0.4 is 10.6 Å². The van der Waals surface area contributed by atoms with E-state index in [1.165, 1.54) is 0 Å². The van der Waals surface area contributed by atoms with Gasteiger partial charge in [-0.25, -0.2) is 9.97 Å². The minimum absolute atomic E-state index is 0.133. The van der Waals surface area contributed by atoms with Crippen molar-refractivity contribution in [3.05, 3.63) is 11.9 Å². The van der Waals surface area contributed by atoms with Crippen molar-refractivity contribution in [2.24, 2.45) is 0 Å². The highest BCUT2D eigenvalue weighted by Crippen LogP contribution is 2.11. The fraction of sp³-hybridized carbons (Fsp3) is 0.636. The van der Waals surface area contributed by atoms with Crippen LogP contribution in [0.15, 0.2) is 6.07 Å². The number of anilines is 2. The number of nitrogens with zero attached hydrogens (tertiary/aromatic N) is 2. The molecule has 1 aromatic rings. The van der Waals surface area contributed by atoms with Gasteiger partial charge in [0.25, 0.3) is 0 Å². The maximum atomic E-state index is 5.16. The van der Waals surface area contributed by atoms with E-state index in [0.717, 1.165) is 11.6 Å². The summed E-state index contributed by atoms with van der Waals surface area (Å²) in [6, 6.07) is 1.85. The number of hydrogen-bond acceptors (Lipinski definition) is 6. The Balaban J connectivity index is 2.72. The van der Waals surface area contributed by atoms with Crippen LogP contribution in [0.2, 0.25) is 0 Å². The van der Waals surface area contributed by atoms with E-state index in [1.54, 1.807) is 14.2 Å². The van der Waals surface area contributed by atoms with E-state index in [9.17, 15) is 0 Å². The first-order chi connectivity index (χ1) is 8.19. The molecule has 0 aliphatic rings. The number of hydrogen-bond donors (Lipinski definition) is 2. The Labute approximate surface area is 102 Å². The van der Waals surface area contributed by atoms with Crippen LogP contribution in [0.4, 0.5) is 11.6 Å². The van der Waals surface area contributed by atoms with E-state index in [-0.39, 0.29) is 6.10 Å². The number of aromatic nitrogens is 2. The first-order valence-electron chi connectivity index (χ1n) is 5.51. The van der Waals surface area contributed by atoms with Gasteiger partial charge in [-0.2, -0.15) is 0 Å². The molecule has 17 heavy (non-hydrogen) atoms. The third-order valence-electron chi connectivity index (χ3n) is 2.28. The predicted octanol–water partition coefficient (Wildman–Crippen LogP) is 1.11. The summed E-state index contributed by atoms with van der Waals surface area (Å²) >= 11 is 0. The van der Waals surface area contributed by atoms with Crippen molar-refractivity contribution < 1.29 is 9.47 Å². The molecule has 6 heteroatoms. The Bertz CT molecular complexity index is 346. The second kappa shape index (κ2) is 7.03. The van der Waals surface area contributed by atoms with Crippen LogP contribution in [0.5, 0.6) is 0 Å². The van der Waals surface area contributed by atoms with Crippen molar-refractivity contribution in [2.75, 3.05) is 38.4 Å². The van der Waals surface area contributed by atoms with Gasteiger partial charge in [0, 0.05) is 33.9 Å². The first kappa shape index (κ1) is 13.7. The average molecular weight is 240 g/mol. The molecule has 0 spiro atoms. The predicted molar refractivity (Wildman–Crippen MR) is 67.3 cm³/mol. The van der Waals surface area contributed by atoms with Gasteiger partial charge < -0.3 is 20.1 Å². The molecule has 2 N–H and O–H groups in total. The second-order valence-corrected chi connectivity index (χ2v) is 3.66. The molecule has 0 aliphatic carbocycles. The first-order valence-corrected chi connectivity index (χ1v) is 5.51. The van der Waals surface area contributed by atoms with Crippen LogP contribution in [0.25, 0.3) is 0 Å². The SMILES string of the molecule is CNc1cc(NCC(C)OC)nc(COC)n1. The molecule has 1 heterocycles. The molecular formula is C11H20N4O2. The third-order valence-corrected chi connectivity index (χ3v) is 2.28. The van der Waals surface area contributed by atoms with Crippen LogP contribution in [0.3, 0.4) is 0 Å². The van der Waals surface area contributed by atoms with Crippen molar-refractivity contribution in [1.82, 2.24) is 9.97 Å². The number of methoxy groups -OCH3 is 2. The Morgan fingerprint density at radius 2 is 2.00 bits per heavy atom. The highest BCUT2D eigenvalue weighted by molar-refractivity contribution is 5.47. The monoisotopic (exact) mass is 240 g/mol. The van der Waals surface area contributed by atoms with E-state index >= 15 is 0 Å². The molecule has 1 rings (SSSR count). The summed E-state index contributed by atoms with van der Waals surface area (Å²) in [5, 5.41) is 6.19. The lowest BCUT2D eigenvalue weighted by atomic mass is 10.4. The quantitative estimate of drug-likeness (QED) is 0.744. The number of rotatable bonds is 7. The van der Waals surface area contributed by atoms with Gasteiger partial charge in [-0.15, -0.1) is 0 Å². The topological polar surface area (TPSA) is 68.3 Å². The van der Waals surface area contributed by atoms with E-state index < -0.39 is 0 Å². The van der Waals surface area contributed by atoms with Crippen LogP contribution in [-0.2, 0) is 16.1 Å². The Morgan fingerprint density at radius 1 is 1.29 bits per heavy atom. The molecule has 0 saturated heterocycles. The second-order valence-electron chi connectivity index (χ2n) is 3.66. The molecule has 0 amide bonds. The molecule has 0 radical (unpaired) electrons. The lowest BCUT2D eigenvalue weighted by Crippen LogP contribution is -2.19. The normalized spacial score (nSPS) is 12.2. The van der Waals surface area contributed by atoms with Gasteiger partial charge in [0.2, 0.25) is 0 Å². The molecule has 1 aromatic heterocycles. The zero-order valence-corrected chi connectivity index (χ0v) is 10.8. The highest BCUT2D eigenvalue weighted by atomic mass is 16.5. The fourth-order valence-corrected chi connectivity index (χ4v) is 1.24. The van der Waals surface area contributed by atoms with Gasteiger partial charge in [0.15, 0.2) is 5.82 Å². The minimum Gasteiger partial charge on any atom is -0.380 e. The summed E-state index contributed by atoms with van der Waals surface area (Å²) in [6.07, 6.45) is 0.133. The summed E-state index contributed by atoms with van der Waals surface area (Å²) in [4.78, 5) is 8.60. The van der Waals surface area contributed by atoms with Crippen LogP contribution in [-0.4, -0.2) is 43.9 Å². The van der Waals surface area contributed by atoms with Crippen molar-refractivity contribution in [2.45, 2.75) is 19.6 Å². The lowest BCUT2D eigenvalue weighted by molar-refractivity contribution is 0.128. The van der Waals surface area contributed by atoms with Crippen molar-refractivity contribution >= 4 is 11.6 Å². The molecule has 0 fully saturated rings. The minimum atomic E-state index is 0.133. The lowest BCUT2D eigenvalue weighted by Gasteiger charge is -2.12. The summed E-state index contributed by atoms with van der Waals surface area (Å²) < 4.78 is 10.2. The molecule has 96 valence electrons. The van der Waals surface area contributed by atoms with Gasteiger partial charge in [-0.3, -0.25) is 0 Å². The molecule has 0 bridgehead atoms. The van der Waals surface area contributed by atoms with Crippen LogP contribution in [0.1, 0.15) is 12.7 Å². The van der Waals surface area contributed by atoms with E-state index in [4.69, 9.17) is 9.47 Å². The molecule has 0 aliphatic heterocycles. The van der Waals surface area contributed by atoms with E-state index in [1.807, 2.05) is 20.0 Å². The smallest absolute Gasteiger partial charge is 0.158 e. The summed E-state index contributed by atoms with van der Waals surface area (Å²) in [7, 11) is 5.12. The highest BCUT2D eigenvalue weighted by Gasteiger charge is 2.05. The Hall–Kier alpha value is -1.40. The van der Waals surface area contributed by atoms with E-state index in [0.29, 0.717) is 19.0 Å². The summed E-state index contributed by atoms with van der Waals surface area (Å²) in [6.45, 7) is 3.08. The fourth-order valence-electron chi connectivity index (χ4n) is 1.24. The average Bonchev–Trinajstić information content (AvgIpc) is 2.36. The third kappa shape index (κ3) is 4.54. The Morgan fingerprint density at radius 3 is 2.59 bits per heavy atom. The van der Waals surface area contributed by atoms with Gasteiger partial charge in [-0.1, -0.05) is 0 Å². The summed E-state index contributed by atoms with van der Waals surface area (Å²) in [5.74, 6) is 2.17. The van der Waals surface area contributed by atoms with Crippen molar-refractivity contribution in [3.63, 3.8) is 0 Å². The zero-order chi connectivity index (χ0) is 12.7. The molecule has 1 atom stereocenters. The van der Waals surface area contributed by atoms with Crippen molar-refractivity contribution in [3.8, 4) is 0 Å². The van der Waals surface area contributed by atoms with Gasteiger partial charge in [-0.05, 0) is 6.92 Å². The van der Waals surface area contributed by atoms with Gasteiger partial charge in [0.05, 0.1) is 6.10 Å². The molecule has 0 saturated carbocycles. The van der Waals surface area contributed by atoms with Gasteiger partial charge >= 0.3 is 0 Å². The summed E-state index contributed by atoms with van der Waals surface area (Å²) in [5.41, 5.74) is 0. The van der Waals surface area contributed by atoms with Crippen LogP contribution in [0, 0.1) is 0 Å². The zero-order valence-electron chi connectivity index (χ0n) is 10.8. The maximum absolute atomic E-state index is 5.16. The van der Waals surface area contributed by atoms with Gasteiger partial charge in [0.1, 0.15) is 18.2 Å². The molecule has 0 aromatic carbocycles. The number of nitrogens with one attached hydrogen (secondary N) is 2. The number of ether oxygens (including phenoxy) is 2.